The zero-order chi connectivity index (χ0) is 19.9. The Balaban J connectivity index is 2.45. The second-order valence-electron chi connectivity index (χ2n) is 6.97. The maximum Gasteiger partial charge on any atom is 0.336 e. The fourth-order valence-corrected chi connectivity index (χ4v) is 3.17. The molecule has 0 aliphatic carbocycles. The predicted molar refractivity (Wildman–Crippen MR) is 98.5 cm³/mol. The van der Waals surface area contributed by atoms with E-state index in [1.54, 1.807) is 19.1 Å². The molecule has 1 aliphatic heterocycles. The molecular weight excluding hydrogens is 352 g/mol. The van der Waals surface area contributed by atoms with E-state index in [0.717, 1.165) is 0 Å². The van der Waals surface area contributed by atoms with Crippen LogP contribution in [0.25, 0.3) is 17.0 Å². The molecule has 0 amide bonds. The van der Waals surface area contributed by atoms with Crippen LogP contribution < -0.4 is 10.4 Å². The van der Waals surface area contributed by atoms with E-state index in [1.165, 1.54) is 6.07 Å². The number of rotatable bonds is 5. The number of carbonyl (C=O) groups excluding carboxylic acids is 1. The van der Waals surface area contributed by atoms with Crippen molar-refractivity contribution in [3.05, 3.63) is 39.3 Å². The Labute approximate surface area is 154 Å². The summed E-state index contributed by atoms with van der Waals surface area (Å²) >= 11 is 0. The predicted octanol–water partition coefficient (Wildman–Crippen LogP) is 3.29. The number of hydrogen-bond acceptors (Lipinski definition) is 6. The third-order valence-electron chi connectivity index (χ3n) is 4.46. The normalized spacial score (nSPS) is 14.6. The number of phenols is 1. The molecule has 3 rings (SSSR count). The van der Waals surface area contributed by atoms with Gasteiger partial charge in [-0.2, -0.15) is 0 Å². The lowest BCUT2D eigenvalue weighted by atomic mass is 9.92. The number of aromatic hydroxyl groups is 1. The van der Waals surface area contributed by atoms with Gasteiger partial charge in [0.25, 0.3) is 0 Å². The Bertz CT molecular complexity index is 1040. The SMILES string of the molecule is CCC(=O)c1c(O)c2c(c3c(CCC(=O)O)cc(=O)oc13)OC(C)(C)C=C2. The Morgan fingerprint density at radius 1 is 1.26 bits per heavy atom. The molecule has 0 atom stereocenters. The van der Waals surface area contributed by atoms with Gasteiger partial charge in [0.15, 0.2) is 11.4 Å². The lowest BCUT2D eigenvalue weighted by Crippen LogP contribution is -2.28. The standard InChI is InChI=1S/C20H20O7/c1-4-12(21)16-17(25)11-7-8-20(2,3)27-18(11)15-10(5-6-13(22)23)9-14(24)26-19(15)16/h7-9,25H,4-6H2,1-3H3,(H,22,23). The molecule has 27 heavy (non-hydrogen) atoms. The third kappa shape index (κ3) is 3.32. The Morgan fingerprint density at radius 3 is 2.59 bits per heavy atom. The van der Waals surface area contributed by atoms with Crippen molar-refractivity contribution in [2.24, 2.45) is 0 Å². The van der Waals surface area contributed by atoms with Crippen LogP contribution in [-0.2, 0) is 11.2 Å². The first-order chi connectivity index (χ1) is 12.6. The molecule has 0 unspecified atom stereocenters. The average Bonchev–Trinajstić information content (AvgIpc) is 2.58. The number of ether oxygens (including phenoxy) is 1. The first-order valence-corrected chi connectivity index (χ1v) is 8.63. The van der Waals surface area contributed by atoms with Crippen molar-refractivity contribution in [2.45, 2.75) is 45.6 Å². The van der Waals surface area contributed by atoms with Crippen molar-refractivity contribution >= 4 is 28.8 Å². The summed E-state index contributed by atoms with van der Waals surface area (Å²) in [7, 11) is 0. The smallest absolute Gasteiger partial charge is 0.336 e. The summed E-state index contributed by atoms with van der Waals surface area (Å²) in [6, 6.07) is 1.21. The summed E-state index contributed by atoms with van der Waals surface area (Å²) in [5.41, 5.74) is -0.869. The topological polar surface area (TPSA) is 114 Å². The largest absolute Gasteiger partial charge is 0.506 e. The van der Waals surface area contributed by atoms with Gasteiger partial charge in [-0.05, 0) is 38.0 Å². The van der Waals surface area contributed by atoms with Crippen LogP contribution in [0, 0.1) is 0 Å². The van der Waals surface area contributed by atoms with Gasteiger partial charge in [-0.1, -0.05) is 6.92 Å². The van der Waals surface area contributed by atoms with Gasteiger partial charge in [-0.3, -0.25) is 9.59 Å². The van der Waals surface area contributed by atoms with Gasteiger partial charge in [0.05, 0.1) is 10.9 Å². The molecule has 0 fully saturated rings. The van der Waals surface area contributed by atoms with Crippen LogP contribution in [0.5, 0.6) is 11.5 Å². The minimum absolute atomic E-state index is 0.0574. The number of fused-ring (bicyclic) bond motifs is 3. The highest BCUT2D eigenvalue weighted by molar-refractivity contribution is 6.12. The molecule has 1 aliphatic rings. The van der Waals surface area contributed by atoms with E-state index < -0.39 is 23.0 Å². The summed E-state index contributed by atoms with van der Waals surface area (Å²) in [6.07, 6.45) is 3.36. The fraction of sp³-hybridized carbons (Fsp3) is 0.350. The lowest BCUT2D eigenvalue weighted by molar-refractivity contribution is -0.136. The molecule has 1 aromatic carbocycles. The van der Waals surface area contributed by atoms with Crippen LogP contribution in [0.15, 0.2) is 21.4 Å². The highest BCUT2D eigenvalue weighted by Crippen LogP contribution is 2.46. The van der Waals surface area contributed by atoms with E-state index in [-0.39, 0.29) is 41.9 Å². The van der Waals surface area contributed by atoms with Gasteiger partial charge >= 0.3 is 11.6 Å². The summed E-state index contributed by atoms with van der Waals surface area (Å²) in [4.78, 5) is 35.5. The maximum atomic E-state index is 12.5. The van der Waals surface area contributed by atoms with E-state index in [2.05, 4.69) is 0 Å². The Hall–Kier alpha value is -3.09. The number of phenolic OH excluding ortho intramolecular Hbond substituents is 1. The van der Waals surface area contributed by atoms with Crippen molar-refractivity contribution < 1.29 is 29.0 Å². The van der Waals surface area contributed by atoms with Crippen LogP contribution >= 0.6 is 0 Å². The van der Waals surface area contributed by atoms with E-state index in [4.69, 9.17) is 14.3 Å². The van der Waals surface area contributed by atoms with E-state index >= 15 is 0 Å². The Kier molecular flexibility index (Phi) is 4.55. The van der Waals surface area contributed by atoms with Crippen molar-refractivity contribution in [2.75, 3.05) is 0 Å². The zero-order valence-electron chi connectivity index (χ0n) is 15.3. The zero-order valence-corrected chi connectivity index (χ0v) is 15.3. The monoisotopic (exact) mass is 372 g/mol. The molecule has 0 spiro atoms. The van der Waals surface area contributed by atoms with Gasteiger partial charge in [-0.25, -0.2) is 4.79 Å². The van der Waals surface area contributed by atoms with Crippen molar-refractivity contribution in [1.29, 1.82) is 0 Å². The van der Waals surface area contributed by atoms with E-state index in [0.29, 0.717) is 16.5 Å². The summed E-state index contributed by atoms with van der Waals surface area (Å²) in [5.74, 6) is -1.45. The molecule has 0 bridgehead atoms. The van der Waals surface area contributed by atoms with Gasteiger partial charge < -0.3 is 19.4 Å². The summed E-state index contributed by atoms with van der Waals surface area (Å²) < 4.78 is 11.3. The number of carboxylic acid groups (broad SMARTS) is 1. The first-order valence-electron chi connectivity index (χ1n) is 8.63. The molecule has 2 heterocycles. The number of Topliss-reactive ketones (excluding diaryl/α,β-unsaturated/α-hetero) is 1. The molecular formula is C20H20O7. The van der Waals surface area contributed by atoms with Gasteiger partial charge in [0, 0.05) is 18.9 Å². The third-order valence-corrected chi connectivity index (χ3v) is 4.46. The second kappa shape index (κ2) is 6.57. The minimum atomic E-state index is -1.02. The number of benzene rings is 1. The second-order valence-corrected chi connectivity index (χ2v) is 6.97. The Morgan fingerprint density at radius 2 is 1.96 bits per heavy atom. The van der Waals surface area contributed by atoms with Crippen molar-refractivity contribution in [1.82, 2.24) is 0 Å². The highest BCUT2D eigenvalue weighted by atomic mass is 16.5. The van der Waals surface area contributed by atoms with Crippen molar-refractivity contribution in [3.63, 3.8) is 0 Å². The molecule has 2 N–H and O–H groups in total. The van der Waals surface area contributed by atoms with Crippen LogP contribution in [-0.4, -0.2) is 27.6 Å². The van der Waals surface area contributed by atoms with Crippen LogP contribution in [0.3, 0.4) is 0 Å². The molecule has 7 heteroatoms. The number of aliphatic carboxylic acids is 1. The first kappa shape index (κ1) is 18.7. The molecule has 7 nitrogen and oxygen atoms in total. The summed E-state index contributed by atoms with van der Waals surface area (Å²) in [6.45, 7) is 5.27. The summed E-state index contributed by atoms with van der Waals surface area (Å²) in [5, 5.41) is 20.1. The van der Waals surface area contributed by atoms with Crippen LogP contribution in [0.4, 0.5) is 0 Å². The molecule has 0 saturated carbocycles. The number of carbonyl (C=O) groups is 2. The molecule has 1 aromatic heterocycles. The number of aryl methyl sites for hydroxylation is 1. The highest BCUT2D eigenvalue weighted by Gasteiger charge is 2.32. The van der Waals surface area contributed by atoms with Gasteiger partial charge in [0.2, 0.25) is 0 Å². The number of hydrogen-bond donors (Lipinski definition) is 2. The van der Waals surface area contributed by atoms with Crippen LogP contribution in [0.1, 0.15) is 55.1 Å². The van der Waals surface area contributed by atoms with Gasteiger partial charge in [-0.15, -0.1) is 0 Å². The maximum absolute atomic E-state index is 12.5. The molecule has 2 aromatic rings. The number of ketones is 1. The fourth-order valence-electron chi connectivity index (χ4n) is 3.17. The number of carboxylic acids is 1. The van der Waals surface area contributed by atoms with Crippen LogP contribution in [0.2, 0.25) is 0 Å². The average molecular weight is 372 g/mol. The molecule has 142 valence electrons. The van der Waals surface area contributed by atoms with Crippen molar-refractivity contribution in [3.8, 4) is 11.5 Å². The molecule has 0 radical (unpaired) electrons. The minimum Gasteiger partial charge on any atom is -0.506 e. The quantitative estimate of drug-likeness (QED) is 0.611. The molecule has 0 saturated heterocycles. The van der Waals surface area contributed by atoms with E-state index in [1.807, 2.05) is 13.8 Å². The van der Waals surface area contributed by atoms with Gasteiger partial charge in [0.1, 0.15) is 22.7 Å². The lowest BCUT2D eigenvalue weighted by Gasteiger charge is -2.30. The van der Waals surface area contributed by atoms with E-state index in [9.17, 15) is 19.5 Å².